The van der Waals surface area contributed by atoms with Crippen molar-refractivity contribution in [2.75, 3.05) is 13.6 Å². The van der Waals surface area contributed by atoms with E-state index in [1.54, 1.807) is 11.3 Å². The number of nitrogens with zero attached hydrogens (tertiary/aromatic N) is 1. The van der Waals surface area contributed by atoms with E-state index in [1.165, 1.54) is 25.8 Å². The summed E-state index contributed by atoms with van der Waals surface area (Å²) in [6, 6.07) is 0. The molecule has 0 aromatic heterocycles. The Kier molecular flexibility index (Phi) is 3.19. The summed E-state index contributed by atoms with van der Waals surface area (Å²) in [6.45, 7) is 8.12. The average molecular weight is 167 g/mol. The zero-order valence-electron chi connectivity index (χ0n) is 8.85. The highest BCUT2D eigenvalue weighted by Gasteiger charge is 2.17. The number of allylic oxidation sites excluding steroid dienone is 2. The molecule has 70 valence electrons. The van der Waals surface area contributed by atoms with Gasteiger partial charge in [-0.25, -0.2) is 0 Å². The van der Waals surface area contributed by atoms with E-state index in [9.17, 15) is 0 Å². The maximum atomic E-state index is 2.44. The molecule has 0 aromatic rings. The van der Waals surface area contributed by atoms with Crippen LogP contribution in [0.15, 0.2) is 11.3 Å². The Morgan fingerprint density at radius 2 is 2.08 bits per heavy atom. The molecule has 0 amide bonds. The topological polar surface area (TPSA) is 3.24 Å². The zero-order chi connectivity index (χ0) is 9.14. The molecule has 1 heterocycles. The van der Waals surface area contributed by atoms with Crippen LogP contribution >= 0.6 is 0 Å². The molecule has 1 rings (SSSR count). The largest absolute Gasteiger partial charge is 0.378 e. The van der Waals surface area contributed by atoms with Crippen LogP contribution in [-0.2, 0) is 0 Å². The van der Waals surface area contributed by atoms with Crippen LogP contribution in [0, 0.1) is 5.92 Å². The second-order valence-electron chi connectivity index (χ2n) is 4.02. The van der Waals surface area contributed by atoms with Crippen LogP contribution in [0.2, 0.25) is 0 Å². The maximum absolute atomic E-state index is 2.44. The van der Waals surface area contributed by atoms with Crippen LogP contribution in [0.1, 0.15) is 40.0 Å². The lowest BCUT2D eigenvalue weighted by Crippen LogP contribution is -2.27. The van der Waals surface area contributed by atoms with Gasteiger partial charge in [-0.3, -0.25) is 0 Å². The molecule has 1 aliphatic heterocycles. The summed E-state index contributed by atoms with van der Waals surface area (Å²) >= 11 is 0. The van der Waals surface area contributed by atoms with Crippen LogP contribution < -0.4 is 0 Å². The molecule has 1 aliphatic rings. The van der Waals surface area contributed by atoms with Crippen molar-refractivity contribution in [2.24, 2.45) is 5.92 Å². The van der Waals surface area contributed by atoms with Gasteiger partial charge in [-0.2, -0.15) is 0 Å². The third-order valence-electron chi connectivity index (χ3n) is 2.72. The van der Waals surface area contributed by atoms with Crippen molar-refractivity contribution < 1.29 is 0 Å². The van der Waals surface area contributed by atoms with E-state index in [-0.39, 0.29) is 0 Å². The summed E-state index contributed by atoms with van der Waals surface area (Å²) in [5.74, 6) is 0.699. The molecule has 0 atom stereocenters. The highest BCUT2D eigenvalue weighted by Crippen LogP contribution is 2.28. The van der Waals surface area contributed by atoms with Crippen molar-refractivity contribution in [3.8, 4) is 0 Å². The van der Waals surface area contributed by atoms with Crippen LogP contribution in [0.5, 0.6) is 0 Å². The van der Waals surface area contributed by atoms with E-state index in [1.807, 2.05) is 0 Å². The van der Waals surface area contributed by atoms with Crippen LogP contribution in [0.4, 0.5) is 0 Å². The molecule has 0 radical (unpaired) electrons. The lowest BCUT2D eigenvalue weighted by Gasteiger charge is -2.33. The van der Waals surface area contributed by atoms with Crippen molar-refractivity contribution in [1.82, 2.24) is 4.90 Å². The van der Waals surface area contributed by atoms with Crippen LogP contribution in [-0.4, -0.2) is 18.5 Å². The molecular formula is C11H21N. The predicted octanol–water partition coefficient (Wildman–Crippen LogP) is 3.03. The number of hydrogen-bond acceptors (Lipinski definition) is 1. The van der Waals surface area contributed by atoms with E-state index >= 15 is 0 Å². The van der Waals surface area contributed by atoms with E-state index in [0.29, 0.717) is 5.92 Å². The summed E-state index contributed by atoms with van der Waals surface area (Å²) in [5, 5.41) is 0. The lowest BCUT2D eigenvalue weighted by atomic mass is 9.94. The van der Waals surface area contributed by atoms with Crippen molar-refractivity contribution in [2.45, 2.75) is 40.0 Å². The molecule has 1 nitrogen and oxygen atoms in total. The molecule has 0 bridgehead atoms. The van der Waals surface area contributed by atoms with E-state index < -0.39 is 0 Å². The Bertz CT molecular complexity index is 179. The second kappa shape index (κ2) is 3.97. The minimum absolute atomic E-state index is 0.699. The number of hydrogen-bond donors (Lipinski definition) is 0. The Labute approximate surface area is 76.5 Å². The highest BCUT2D eigenvalue weighted by atomic mass is 15.1. The highest BCUT2D eigenvalue weighted by molar-refractivity contribution is 5.17. The maximum Gasteiger partial charge on any atom is 0.0174 e. The molecule has 0 N–H and O–H groups in total. The first-order valence-electron chi connectivity index (χ1n) is 5.09. The van der Waals surface area contributed by atoms with Gasteiger partial charge in [0, 0.05) is 19.3 Å². The third-order valence-corrected chi connectivity index (χ3v) is 2.72. The van der Waals surface area contributed by atoms with Gasteiger partial charge in [0.2, 0.25) is 0 Å². The first-order valence-corrected chi connectivity index (χ1v) is 5.09. The summed E-state index contributed by atoms with van der Waals surface area (Å²) in [4.78, 5) is 2.44. The molecular weight excluding hydrogens is 146 g/mol. The van der Waals surface area contributed by atoms with Crippen LogP contribution in [0.25, 0.3) is 0 Å². The Morgan fingerprint density at radius 1 is 1.42 bits per heavy atom. The van der Waals surface area contributed by atoms with Crippen molar-refractivity contribution in [3.05, 3.63) is 11.3 Å². The van der Waals surface area contributed by atoms with Gasteiger partial charge in [0.25, 0.3) is 0 Å². The minimum atomic E-state index is 0.699. The molecule has 0 aromatic carbocycles. The second-order valence-corrected chi connectivity index (χ2v) is 4.02. The lowest BCUT2D eigenvalue weighted by molar-refractivity contribution is 0.336. The zero-order valence-corrected chi connectivity index (χ0v) is 8.85. The quantitative estimate of drug-likeness (QED) is 0.611. The van der Waals surface area contributed by atoms with Gasteiger partial charge >= 0.3 is 0 Å². The van der Waals surface area contributed by atoms with Crippen molar-refractivity contribution in [1.29, 1.82) is 0 Å². The van der Waals surface area contributed by atoms with E-state index in [4.69, 9.17) is 0 Å². The first kappa shape index (κ1) is 9.63. The average Bonchev–Trinajstić information content (AvgIpc) is 2.03. The fourth-order valence-electron chi connectivity index (χ4n) is 2.25. The Balaban J connectivity index is 2.87. The predicted molar refractivity (Wildman–Crippen MR) is 54.0 cm³/mol. The van der Waals surface area contributed by atoms with Gasteiger partial charge in [-0.15, -0.1) is 0 Å². The fraction of sp³-hybridized carbons (Fsp3) is 0.818. The van der Waals surface area contributed by atoms with Crippen molar-refractivity contribution >= 4 is 0 Å². The Morgan fingerprint density at radius 3 is 2.50 bits per heavy atom. The normalized spacial score (nSPS) is 19.2. The van der Waals surface area contributed by atoms with E-state index in [2.05, 4.69) is 32.7 Å². The molecule has 1 heteroatoms. The number of rotatable bonds is 2. The molecule has 0 spiro atoms. The summed E-state index contributed by atoms with van der Waals surface area (Å²) in [6.07, 6.45) is 3.90. The molecule has 0 unspecified atom stereocenters. The molecule has 0 saturated heterocycles. The SMILES string of the molecule is CCC1=C(C(C)C)N(C)CCC1. The first-order chi connectivity index (χ1) is 5.66. The summed E-state index contributed by atoms with van der Waals surface area (Å²) in [5.41, 5.74) is 3.28. The standard InChI is InChI=1S/C11H21N/c1-5-10-7-6-8-12(4)11(10)9(2)3/h9H,5-8H2,1-4H3. The van der Waals surface area contributed by atoms with Gasteiger partial charge in [-0.1, -0.05) is 26.3 Å². The van der Waals surface area contributed by atoms with Crippen LogP contribution in [0.3, 0.4) is 0 Å². The van der Waals surface area contributed by atoms with Crippen molar-refractivity contribution in [3.63, 3.8) is 0 Å². The van der Waals surface area contributed by atoms with Gasteiger partial charge in [0.05, 0.1) is 0 Å². The summed E-state index contributed by atoms with van der Waals surface area (Å²) < 4.78 is 0. The van der Waals surface area contributed by atoms with Gasteiger partial charge < -0.3 is 4.90 Å². The molecule has 0 fully saturated rings. The molecule has 0 aliphatic carbocycles. The molecule has 12 heavy (non-hydrogen) atoms. The fourth-order valence-corrected chi connectivity index (χ4v) is 2.25. The monoisotopic (exact) mass is 167 g/mol. The molecule has 0 saturated carbocycles. The smallest absolute Gasteiger partial charge is 0.0174 e. The van der Waals surface area contributed by atoms with Gasteiger partial charge in [0.15, 0.2) is 0 Å². The van der Waals surface area contributed by atoms with Gasteiger partial charge in [0.1, 0.15) is 0 Å². The Hall–Kier alpha value is -0.460. The van der Waals surface area contributed by atoms with Gasteiger partial charge in [-0.05, 0) is 25.2 Å². The minimum Gasteiger partial charge on any atom is -0.378 e. The third kappa shape index (κ3) is 1.82. The van der Waals surface area contributed by atoms with E-state index in [0.717, 1.165) is 0 Å². The summed E-state index contributed by atoms with van der Waals surface area (Å²) in [7, 11) is 2.23.